The van der Waals surface area contributed by atoms with Gasteiger partial charge in [0.05, 0.1) is 19.9 Å². The van der Waals surface area contributed by atoms with E-state index in [4.69, 9.17) is 9.47 Å². The highest BCUT2D eigenvalue weighted by molar-refractivity contribution is 6.39. The van der Waals surface area contributed by atoms with Crippen molar-refractivity contribution >= 4 is 29.6 Å². The smallest absolute Gasteiger partial charge is 0.335 e. The van der Waals surface area contributed by atoms with Crippen LogP contribution >= 0.6 is 0 Å². The highest BCUT2D eigenvalue weighted by atomic mass is 16.5. The van der Waals surface area contributed by atoms with Crippen molar-refractivity contribution in [2.45, 2.75) is 20.8 Å². The predicted octanol–water partition coefficient (Wildman–Crippen LogP) is 3.30. The Bertz CT molecular complexity index is 1040. The fourth-order valence-corrected chi connectivity index (χ4v) is 3.43. The molecule has 150 valence electrons. The van der Waals surface area contributed by atoms with Gasteiger partial charge in [0.1, 0.15) is 17.1 Å². The second-order valence-electron chi connectivity index (χ2n) is 6.82. The average Bonchev–Trinajstić information content (AvgIpc) is 2.64. The van der Waals surface area contributed by atoms with Gasteiger partial charge in [0.25, 0.3) is 11.8 Å². The molecule has 3 rings (SSSR count). The number of methoxy groups -OCH3 is 2. The fraction of sp³-hybridized carbons (Fsp3) is 0.227. The Labute approximate surface area is 168 Å². The lowest BCUT2D eigenvalue weighted by molar-refractivity contribution is -0.122. The Morgan fingerprint density at radius 2 is 1.59 bits per heavy atom. The molecule has 1 saturated heterocycles. The molecule has 7 nitrogen and oxygen atoms in total. The zero-order chi connectivity index (χ0) is 21.3. The molecule has 0 radical (unpaired) electrons. The normalized spacial score (nSPS) is 15.6. The fourth-order valence-electron chi connectivity index (χ4n) is 3.43. The minimum atomic E-state index is -0.778. The first-order valence-electron chi connectivity index (χ1n) is 8.98. The van der Waals surface area contributed by atoms with Gasteiger partial charge in [0.2, 0.25) is 0 Å². The van der Waals surface area contributed by atoms with Crippen molar-refractivity contribution in [2.24, 2.45) is 0 Å². The molecule has 4 amide bonds. The van der Waals surface area contributed by atoms with Crippen LogP contribution in [0, 0.1) is 20.8 Å². The number of nitrogens with one attached hydrogen (secondary N) is 1. The molecule has 7 heteroatoms. The van der Waals surface area contributed by atoms with Crippen LogP contribution in [0.1, 0.15) is 22.3 Å². The number of ether oxygens (including phenoxy) is 2. The number of nitrogens with zero attached hydrogens (tertiary/aromatic N) is 1. The lowest BCUT2D eigenvalue weighted by Crippen LogP contribution is -2.54. The summed E-state index contributed by atoms with van der Waals surface area (Å²) < 4.78 is 10.7. The summed E-state index contributed by atoms with van der Waals surface area (Å²) in [6, 6.07) is 8.01. The maximum absolute atomic E-state index is 13.1. The van der Waals surface area contributed by atoms with Gasteiger partial charge >= 0.3 is 6.03 Å². The number of aryl methyl sites for hydroxylation is 2. The number of barbiturate groups is 1. The zero-order valence-corrected chi connectivity index (χ0v) is 17.0. The van der Waals surface area contributed by atoms with E-state index in [1.807, 2.05) is 26.8 Å². The molecule has 0 unspecified atom stereocenters. The van der Waals surface area contributed by atoms with E-state index in [2.05, 4.69) is 5.32 Å². The van der Waals surface area contributed by atoms with E-state index in [9.17, 15) is 14.4 Å². The van der Waals surface area contributed by atoms with Gasteiger partial charge in [0, 0.05) is 11.1 Å². The maximum Gasteiger partial charge on any atom is 0.335 e. The summed E-state index contributed by atoms with van der Waals surface area (Å²) in [6.45, 7) is 5.55. The Balaban J connectivity index is 2.10. The quantitative estimate of drug-likeness (QED) is 0.635. The number of imide groups is 2. The molecule has 1 fully saturated rings. The number of amides is 4. The van der Waals surface area contributed by atoms with Crippen LogP contribution < -0.4 is 19.7 Å². The van der Waals surface area contributed by atoms with Crippen LogP contribution in [0.4, 0.5) is 10.5 Å². The number of urea groups is 1. The Morgan fingerprint density at radius 1 is 0.931 bits per heavy atom. The number of rotatable bonds is 4. The lowest BCUT2D eigenvalue weighted by Gasteiger charge is -2.27. The van der Waals surface area contributed by atoms with Gasteiger partial charge in [-0.05, 0) is 62.2 Å². The highest BCUT2D eigenvalue weighted by Gasteiger charge is 2.37. The summed E-state index contributed by atoms with van der Waals surface area (Å²) in [5, 5.41) is 2.24. The third kappa shape index (κ3) is 3.71. The van der Waals surface area contributed by atoms with Crippen molar-refractivity contribution in [3.8, 4) is 11.5 Å². The summed E-state index contributed by atoms with van der Waals surface area (Å²) >= 11 is 0. The summed E-state index contributed by atoms with van der Waals surface area (Å²) in [7, 11) is 3.04. The molecule has 0 spiro atoms. The van der Waals surface area contributed by atoms with Crippen LogP contribution in [-0.2, 0) is 9.59 Å². The van der Waals surface area contributed by atoms with E-state index in [0.29, 0.717) is 22.7 Å². The highest BCUT2D eigenvalue weighted by Crippen LogP contribution is 2.33. The number of hydrogen-bond acceptors (Lipinski definition) is 5. The molecule has 2 aromatic rings. The molecule has 0 atom stereocenters. The topological polar surface area (TPSA) is 84.9 Å². The standard InChI is InChI=1S/C22H22N2O5/c1-12-8-13(2)10-16(9-12)24-21(26)17(20(25)23-22(24)27)11-15-6-7-18(28-4)14(3)19(15)29-5/h6-11H,1-5H3,(H,23,25,27)/b17-11+. The van der Waals surface area contributed by atoms with Crippen molar-refractivity contribution < 1.29 is 23.9 Å². The molecule has 1 aliphatic rings. The first-order valence-corrected chi connectivity index (χ1v) is 8.98. The van der Waals surface area contributed by atoms with Crippen LogP contribution in [0.25, 0.3) is 6.08 Å². The first-order chi connectivity index (χ1) is 13.8. The molecule has 0 aliphatic carbocycles. The number of carbonyl (C=O) groups excluding carboxylic acids is 3. The zero-order valence-electron chi connectivity index (χ0n) is 17.0. The van der Waals surface area contributed by atoms with Gasteiger partial charge in [-0.2, -0.15) is 0 Å². The summed E-state index contributed by atoms with van der Waals surface area (Å²) in [5.74, 6) is -0.349. The Kier molecular flexibility index (Phi) is 5.41. The SMILES string of the molecule is COc1ccc(/C=C2\C(=O)NC(=O)N(c3cc(C)cc(C)c3)C2=O)c(OC)c1C. The molecule has 1 N–H and O–H groups in total. The second-order valence-corrected chi connectivity index (χ2v) is 6.82. The largest absolute Gasteiger partial charge is 0.496 e. The van der Waals surface area contributed by atoms with E-state index < -0.39 is 17.8 Å². The van der Waals surface area contributed by atoms with E-state index >= 15 is 0 Å². The Morgan fingerprint density at radius 3 is 2.17 bits per heavy atom. The average molecular weight is 394 g/mol. The van der Waals surface area contributed by atoms with Gasteiger partial charge in [-0.15, -0.1) is 0 Å². The van der Waals surface area contributed by atoms with Crippen LogP contribution in [0.3, 0.4) is 0 Å². The van der Waals surface area contributed by atoms with Crippen molar-refractivity contribution in [1.82, 2.24) is 5.32 Å². The van der Waals surface area contributed by atoms with E-state index in [1.54, 1.807) is 31.4 Å². The van der Waals surface area contributed by atoms with E-state index in [1.165, 1.54) is 13.2 Å². The Hall–Kier alpha value is -3.61. The molecule has 29 heavy (non-hydrogen) atoms. The third-order valence-electron chi connectivity index (χ3n) is 4.68. The molecular weight excluding hydrogens is 372 g/mol. The van der Waals surface area contributed by atoms with Gasteiger partial charge in [-0.3, -0.25) is 14.9 Å². The van der Waals surface area contributed by atoms with Crippen LogP contribution in [-0.4, -0.2) is 32.1 Å². The maximum atomic E-state index is 13.1. The number of hydrogen-bond donors (Lipinski definition) is 1. The summed E-state index contributed by atoms with van der Waals surface area (Å²) in [6.07, 6.45) is 1.42. The van der Waals surface area contributed by atoms with Crippen molar-refractivity contribution in [3.63, 3.8) is 0 Å². The second kappa shape index (κ2) is 7.79. The van der Waals surface area contributed by atoms with E-state index in [-0.39, 0.29) is 5.57 Å². The summed E-state index contributed by atoms with van der Waals surface area (Å²) in [4.78, 5) is 38.9. The monoisotopic (exact) mass is 394 g/mol. The molecule has 1 aliphatic heterocycles. The number of benzene rings is 2. The van der Waals surface area contributed by atoms with Crippen molar-refractivity contribution in [2.75, 3.05) is 19.1 Å². The predicted molar refractivity (Wildman–Crippen MR) is 109 cm³/mol. The number of carbonyl (C=O) groups is 3. The summed E-state index contributed by atoms with van der Waals surface area (Å²) in [5.41, 5.74) is 3.30. The van der Waals surface area contributed by atoms with Gasteiger partial charge in [-0.1, -0.05) is 6.07 Å². The minimum Gasteiger partial charge on any atom is -0.496 e. The lowest BCUT2D eigenvalue weighted by atomic mass is 10.0. The van der Waals surface area contributed by atoms with Crippen molar-refractivity contribution in [3.05, 3.63) is 58.2 Å². The van der Waals surface area contributed by atoms with E-state index in [0.717, 1.165) is 21.6 Å². The molecule has 1 heterocycles. The van der Waals surface area contributed by atoms with Crippen LogP contribution in [0.2, 0.25) is 0 Å². The molecule has 2 aromatic carbocycles. The van der Waals surface area contributed by atoms with Gasteiger partial charge in [0.15, 0.2) is 0 Å². The van der Waals surface area contributed by atoms with Crippen LogP contribution in [0.15, 0.2) is 35.9 Å². The van der Waals surface area contributed by atoms with Gasteiger partial charge < -0.3 is 9.47 Å². The molecule has 0 bridgehead atoms. The molecule has 0 saturated carbocycles. The first kappa shape index (κ1) is 20.1. The molecule has 0 aromatic heterocycles. The number of anilines is 1. The van der Waals surface area contributed by atoms with Crippen LogP contribution in [0.5, 0.6) is 11.5 Å². The van der Waals surface area contributed by atoms with Crippen molar-refractivity contribution in [1.29, 1.82) is 0 Å². The van der Waals surface area contributed by atoms with Gasteiger partial charge in [-0.25, -0.2) is 9.69 Å². The minimum absolute atomic E-state index is 0.161. The molecular formula is C22H22N2O5. The third-order valence-corrected chi connectivity index (χ3v) is 4.68.